The minimum absolute atomic E-state index is 0.00785. The smallest absolute Gasteiger partial charge is 0.310 e. The average Bonchev–Trinajstić information content (AvgIpc) is 2.72. The summed E-state index contributed by atoms with van der Waals surface area (Å²) in [6, 6.07) is 0. The van der Waals surface area contributed by atoms with Gasteiger partial charge in [-0.2, -0.15) is 0 Å². The summed E-state index contributed by atoms with van der Waals surface area (Å²) in [7, 11) is 0. The molecular weight excluding hydrogens is 424 g/mol. The van der Waals surface area contributed by atoms with Gasteiger partial charge in [-0.3, -0.25) is 4.79 Å². The van der Waals surface area contributed by atoms with Gasteiger partial charge in [-0.15, -0.1) is 0 Å². The Balaban J connectivity index is 1.61. The van der Waals surface area contributed by atoms with Crippen molar-refractivity contribution in [2.75, 3.05) is 0 Å². The fraction of sp³-hybridized carbons (Fsp3) is 0.900. The molecule has 4 heteroatoms. The van der Waals surface area contributed by atoms with E-state index in [-0.39, 0.29) is 33.0 Å². The molecule has 0 radical (unpaired) electrons. The standard InChI is InChI=1S/C30H48O4/c1-25(2)12-14-30(24(33)34)15-13-28(6)18(19(30)16-25)8-9-22-27(5)17-20(31)23(32)26(3,4)21(27)10-11-29(22,28)7/h8,19-23,31-32H,9-17H2,1-7H3,(H,33,34)/t19-,20?,21?,22-,23?,27+,28-,29-,30+/m1/s1. The van der Waals surface area contributed by atoms with E-state index in [2.05, 4.69) is 54.5 Å². The van der Waals surface area contributed by atoms with Gasteiger partial charge in [0.05, 0.1) is 17.6 Å². The molecule has 0 aliphatic heterocycles. The zero-order valence-electron chi connectivity index (χ0n) is 22.6. The summed E-state index contributed by atoms with van der Waals surface area (Å²) in [6.07, 6.45) is 9.45. The van der Waals surface area contributed by atoms with E-state index in [0.29, 0.717) is 18.3 Å². The van der Waals surface area contributed by atoms with Crippen molar-refractivity contribution in [3.05, 3.63) is 11.6 Å². The Morgan fingerprint density at radius 1 is 0.882 bits per heavy atom. The van der Waals surface area contributed by atoms with Crippen molar-refractivity contribution in [3.8, 4) is 0 Å². The van der Waals surface area contributed by atoms with Crippen LogP contribution in [0, 0.1) is 50.2 Å². The molecule has 5 rings (SSSR count). The van der Waals surface area contributed by atoms with Crippen LogP contribution in [0.3, 0.4) is 0 Å². The van der Waals surface area contributed by atoms with Crippen molar-refractivity contribution in [3.63, 3.8) is 0 Å². The third-order valence-corrected chi connectivity index (χ3v) is 13.0. The second-order valence-electron chi connectivity index (χ2n) is 15.2. The molecule has 0 spiro atoms. The van der Waals surface area contributed by atoms with Crippen LogP contribution in [0.5, 0.6) is 0 Å². The minimum Gasteiger partial charge on any atom is -0.481 e. The average molecular weight is 473 g/mol. The molecule has 4 fully saturated rings. The van der Waals surface area contributed by atoms with Gasteiger partial charge in [0.1, 0.15) is 0 Å². The lowest BCUT2D eigenvalue weighted by molar-refractivity contribution is -0.231. The Kier molecular flexibility index (Phi) is 5.20. The fourth-order valence-electron chi connectivity index (χ4n) is 10.8. The van der Waals surface area contributed by atoms with E-state index in [1.807, 2.05) is 0 Å². The molecule has 3 unspecified atom stereocenters. The molecule has 4 nitrogen and oxygen atoms in total. The van der Waals surface area contributed by atoms with E-state index in [9.17, 15) is 20.1 Å². The number of carboxylic acid groups (broad SMARTS) is 1. The van der Waals surface area contributed by atoms with Crippen molar-refractivity contribution in [2.24, 2.45) is 50.2 Å². The molecule has 0 saturated heterocycles. The highest BCUT2D eigenvalue weighted by Gasteiger charge is 2.70. The summed E-state index contributed by atoms with van der Waals surface area (Å²) in [6.45, 7) is 16.3. The van der Waals surface area contributed by atoms with Crippen molar-refractivity contribution in [1.29, 1.82) is 0 Å². The summed E-state index contributed by atoms with van der Waals surface area (Å²) in [5.41, 5.74) is 0.754. The Hall–Kier alpha value is -0.870. The largest absolute Gasteiger partial charge is 0.481 e. The van der Waals surface area contributed by atoms with Gasteiger partial charge in [0.2, 0.25) is 0 Å². The molecule has 5 aliphatic carbocycles. The topological polar surface area (TPSA) is 77.8 Å². The first-order chi connectivity index (χ1) is 15.6. The number of hydrogen-bond acceptors (Lipinski definition) is 3. The molecule has 0 aromatic carbocycles. The number of aliphatic hydroxyl groups is 2. The molecule has 34 heavy (non-hydrogen) atoms. The van der Waals surface area contributed by atoms with Crippen LogP contribution in [0.1, 0.15) is 106 Å². The second-order valence-corrected chi connectivity index (χ2v) is 15.2. The number of hydrogen-bond donors (Lipinski definition) is 3. The molecule has 0 bridgehead atoms. The number of carbonyl (C=O) groups is 1. The van der Waals surface area contributed by atoms with Crippen LogP contribution in [-0.2, 0) is 4.79 Å². The predicted molar refractivity (Wildman–Crippen MR) is 134 cm³/mol. The summed E-state index contributed by atoms with van der Waals surface area (Å²) in [5.74, 6) is 0.365. The van der Waals surface area contributed by atoms with Gasteiger partial charge >= 0.3 is 5.97 Å². The Morgan fingerprint density at radius 2 is 1.53 bits per heavy atom. The summed E-state index contributed by atoms with van der Waals surface area (Å²) in [4.78, 5) is 12.8. The molecule has 9 atom stereocenters. The van der Waals surface area contributed by atoms with E-state index in [1.54, 1.807) is 0 Å². The van der Waals surface area contributed by atoms with Gasteiger partial charge in [-0.05, 0) is 103 Å². The van der Waals surface area contributed by atoms with E-state index >= 15 is 0 Å². The summed E-state index contributed by atoms with van der Waals surface area (Å²) >= 11 is 0. The first-order valence-electron chi connectivity index (χ1n) is 13.9. The monoisotopic (exact) mass is 472 g/mol. The molecule has 3 N–H and O–H groups in total. The maximum absolute atomic E-state index is 12.8. The van der Waals surface area contributed by atoms with Crippen molar-refractivity contribution >= 4 is 5.97 Å². The van der Waals surface area contributed by atoms with Crippen LogP contribution >= 0.6 is 0 Å². The SMILES string of the molecule is CC1(C)CC[C@]2(C(=O)O)CC[C@]3(C)C(=CC[C@@H]4[C@@]5(C)CC(O)C(O)C(C)(C)C5CC[C@]43C)[C@H]2C1. The first-order valence-corrected chi connectivity index (χ1v) is 13.9. The number of fused-ring (bicyclic) bond motifs is 7. The van der Waals surface area contributed by atoms with Crippen LogP contribution in [0.15, 0.2) is 11.6 Å². The maximum Gasteiger partial charge on any atom is 0.310 e. The van der Waals surface area contributed by atoms with Crippen molar-refractivity contribution in [1.82, 2.24) is 0 Å². The summed E-state index contributed by atoms with van der Waals surface area (Å²) in [5, 5.41) is 32.4. The molecule has 5 aliphatic rings. The Labute approximate surface area is 206 Å². The molecule has 0 aromatic heterocycles. The lowest BCUT2D eigenvalue weighted by Gasteiger charge is -2.71. The van der Waals surface area contributed by atoms with Crippen LogP contribution < -0.4 is 0 Å². The molecular formula is C30H48O4. The van der Waals surface area contributed by atoms with E-state index < -0.39 is 23.6 Å². The molecule has 192 valence electrons. The van der Waals surface area contributed by atoms with Crippen molar-refractivity contribution < 1.29 is 20.1 Å². The van der Waals surface area contributed by atoms with Crippen LogP contribution in [0.4, 0.5) is 0 Å². The van der Waals surface area contributed by atoms with Gasteiger partial charge in [0.15, 0.2) is 0 Å². The molecule has 0 aromatic rings. The fourth-order valence-corrected chi connectivity index (χ4v) is 10.8. The van der Waals surface area contributed by atoms with Crippen LogP contribution in [-0.4, -0.2) is 33.5 Å². The highest BCUT2D eigenvalue weighted by Crippen LogP contribution is 2.75. The highest BCUT2D eigenvalue weighted by atomic mass is 16.4. The second kappa shape index (κ2) is 7.12. The predicted octanol–water partition coefficient (Wildman–Crippen LogP) is 6.20. The van der Waals surface area contributed by atoms with Gasteiger partial charge in [-0.1, -0.05) is 60.1 Å². The third kappa shape index (κ3) is 2.88. The van der Waals surface area contributed by atoms with Crippen molar-refractivity contribution in [2.45, 2.75) is 118 Å². The molecule has 0 amide bonds. The summed E-state index contributed by atoms with van der Waals surface area (Å²) < 4.78 is 0. The Bertz CT molecular complexity index is 919. The van der Waals surface area contributed by atoms with Gasteiger partial charge in [0.25, 0.3) is 0 Å². The lowest BCUT2D eigenvalue weighted by atomic mass is 9.33. The van der Waals surface area contributed by atoms with Gasteiger partial charge in [-0.25, -0.2) is 0 Å². The number of allylic oxidation sites excluding steroid dienone is 2. The molecule has 4 saturated carbocycles. The number of aliphatic hydroxyl groups excluding tert-OH is 2. The number of aliphatic carboxylic acids is 1. The number of carboxylic acids is 1. The van der Waals surface area contributed by atoms with Gasteiger partial charge in [0, 0.05) is 0 Å². The van der Waals surface area contributed by atoms with E-state index in [0.717, 1.165) is 51.4 Å². The Morgan fingerprint density at radius 3 is 2.18 bits per heavy atom. The number of rotatable bonds is 1. The minimum atomic E-state index is -0.679. The van der Waals surface area contributed by atoms with Crippen LogP contribution in [0.25, 0.3) is 0 Å². The lowest BCUT2D eigenvalue weighted by Crippen LogP contribution is -2.67. The third-order valence-electron chi connectivity index (χ3n) is 13.0. The van der Waals surface area contributed by atoms with Gasteiger partial charge < -0.3 is 15.3 Å². The quantitative estimate of drug-likeness (QED) is 0.397. The van der Waals surface area contributed by atoms with Crippen LogP contribution in [0.2, 0.25) is 0 Å². The normalized spacial score (nSPS) is 53.4. The highest BCUT2D eigenvalue weighted by molar-refractivity contribution is 5.76. The van der Waals surface area contributed by atoms with E-state index in [1.165, 1.54) is 5.57 Å². The zero-order valence-corrected chi connectivity index (χ0v) is 22.6. The first kappa shape index (κ1) is 24.8. The van der Waals surface area contributed by atoms with E-state index in [4.69, 9.17) is 0 Å². The zero-order chi connectivity index (χ0) is 25.1. The maximum atomic E-state index is 12.8. The molecule has 0 heterocycles.